The molecule has 0 bridgehead atoms. The Morgan fingerprint density at radius 2 is 1.73 bits per heavy atom. The van der Waals surface area contributed by atoms with Gasteiger partial charge in [-0.2, -0.15) is 0 Å². The van der Waals surface area contributed by atoms with Gasteiger partial charge in [0.05, 0.1) is 25.3 Å². The molecular weight excluding hydrogens is 474 g/mol. The fraction of sp³-hybridized carbons (Fsp3) is 0.241. The number of amides is 1. The van der Waals surface area contributed by atoms with Crippen molar-refractivity contribution < 1.29 is 33.6 Å². The van der Waals surface area contributed by atoms with E-state index in [2.05, 4.69) is 0 Å². The van der Waals surface area contributed by atoms with Gasteiger partial charge in [0.15, 0.2) is 23.0 Å². The van der Waals surface area contributed by atoms with Crippen molar-refractivity contribution in [3.63, 3.8) is 0 Å². The molecule has 2 aliphatic heterocycles. The zero-order valence-corrected chi connectivity index (χ0v) is 20.8. The average Bonchev–Trinajstić information content (AvgIpc) is 3.50. The average molecular weight is 502 g/mol. The van der Waals surface area contributed by atoms with Gasteiger partial charge < -0.3 is 24.1 Å². The first-order valence-corrected chi connectivity index (χ1v) is 12.1. The van der Waals surface area contributed by atoms with E-state index in [1.165, 1.54) is 4.90 Å². The topological polar surface area (TPSA) is 94.5 Å². The predicted molar refractivity (Wildman–Crippen MR) is 137 cm³/mol. The van der Waals surface area contributed by atoms with Crippen LogP contribution in [0.3, 0.4) is 0 Å². The number of rotatable bonds is 7. The summed E-state index contributed by atoms with van der Waals surface area (Å²) in [5, 5.41) is 11.4. The minimum absolute atomic E-state index is 0.0314. The van der Waals surface area contributed by atoms with Gasteiger partial charge in [0, 0.05) is 11.3 Å². The maximum atomic E-state index is 13.5. The number of methoxy groups -OCH3 is 1. The molecule has 5 rings (SSSR count). The van der Waals surface area contributed by atoms with Crippen molar-refractivity contribution >= 4 is 23.1 Å². The van der Waals surface area contributed by atoms with Crippen LogP contribution < -0.4 is 23.8 Å². The number of anilines is 1. The molecule has 1 saturated heterocycles. The maximum absolute atomic E-state index is 13.5. The van der Waals surface area contributed by atoms with E-state index in [4.69, 9.17) is 18.9 Å². The number of hydrogen-bond donors (Lipinski definition) is 1. The number of fused-ring (bicyclic) bond motifs is 1. The van der Waals surface area contributed by atoms with Crippen molar-refractivity contribution in [3.05, 3.63) is 82.9 Å². The van der Waals surface area contributed by atoms with Crippen LogP contribution >= 0.6 is 0 Å². The van der Waals surface area contributed by atoms with Crippen molar-refractivity contribution in [2.75, 3.05) is 25.4 Å². The van der Waals surface area contributed by atoms with Crippen molar-refractivity contribution in [2.24, 2.45) is 0 Å². The molecule has 8 heteroatoms. The molecule has 0 aliphatic carbocycles. The lowest BCUT2D eigenvalue weighted by Gasteiger charge is -2.26. The Labute approximate surface area is 214 Å². The van der Waals surface area contributed by atoms with Crippen molar-refractivity contribution in [1.82, 2.24) is 0 Å². The van der Waals surface area contributed by atoms with Crippen LogP contribution in [0.25, 0.3) is 5.76 Å². The molecule has 0 radical (unpaired) electrons. The number of Topliss-reactive ketones (excluding diaryl/α,β-unsaturated/α-hetero) is 1. The molecule has 0 saturated carbocycles. The Hall–Kier alpha value is -4.46. The lowest BCUT2D eigenvalue weighted by molar-refractivity contribution is -0.132. The van der Waals surface area contributed by atoms with Gasteiger partial charge in [0.2, 0.25) is 6.79 Å². The normalized spacial score (nSPS) is 17.8. The number of hydrogen-bond acceptors (Lipinski definition) is 7. The highest BCUT2D eigenvalue weighted by molar-refractivity contribution is 6.51. The van der Waals surface area contributed by atoms with Crippen LogP contribution in [0.15, 0.2) is 66.2 Å². The predicted octanol–water partition coefficient (Wildman–Crippen LogP) is 5.01. The van der Waals surface area contributed by atoms with E-state index in [9.17, 15) is 14.7 Å². The zero-order valence-electron chi connectivity index (χ0n) is 20.8. The van der Waals surface area contributed by atoms with Crippen LogP contribution in [0.2, 0.25) is 0 Å². The molecule has 1 unspecified atom stereocenters. The van der Waals surface area contributed by atoms with E-state index < -0.39 is 17.7 Å². The number of ether oxygens (including phenoxy) is 4. The second kappa shape index (κ2) is 9.89. The van der Waals surface area contributed by atoms with E-state index in [1.54, 1.807) is 43.5 Å². The van der Waals surface area contributed by atoms with Gasteiger partial charge in [-0.15, -0.1) is 0 Å². The van der Waals surface area contributed by atoms with Crippen LogP contribution in [0.5, 0.6) is 23.0 Å². The maximum Gasteiger partial charge on any atom is 0.300 e. The molecule has 2 heterocycles. The summed E-state index contributed by atoms with van der Waals surface area (Å²) in [5.74, 6) is 0.166. The number of ketones is 1. The second-order valence-electron chi connectivity index (χ2n) is 8.60. The highest BCUT2D eigenvalue weighted by Gasteiger charge is 2.47. The summed E-state index contributed by atoms with van der Waals surface area (Å²) < 4.78 is 22.0. The molecule has 1 fully saturated rings. The number of aliphatic hydroxyl groups is 1. The molecule has 8 nitrogen and oxygen atoms in total. The van der Waals surface area contributed by atoms with E-state index in [-0.39, 0.29) is 18.1 Å². The van der Waals surface area contributed by atoms with Crippen LogP contribution in [-0.4, -0.2) is 37.3 Å². The zero-order chi connectivity index (χ0) is 26.1. The first kappa shape index (κ1) is 24.2. The summed E-state index contributed by atoms with van der Waals surface area (Å²) in [6, 6.07) is 16.7. The van der Waals surface area contributed by atoms with Gasteiger partial charge in [-0.3, -0.25) is 14.5 Å². The lowest BCUT2D eigenvalue weighted by Crippen LogP contribution is -2.29. The first-order chi connectivity index (χ1) is 18.0. The van der Waals surface area contributed by atoms with E-state index in [1.807, 2.05) is 38.1 Å². The number of carbonyl (C=O) groups excluding carboxylic acids is 2. The highest BCUT2D eigenvalue weighted by atomic mass is 16.7. The van der Waals surface area contributed by atoms with Gasteiger partial charge in [-0.05, 0) is 66.9 Å². The van der Waals surface area contributed by atoms with Gasteiger partial charge in [0.25, 0.3) is 11.7 Å². The van der Waals surface area contributed by atoms with Crippen molar-refractivity contribution in [1.29, 1.82) is 0 Å². The molecule has 0 aromatic heterocycles. The quantitative estimate of drug-likeness (QED) is 0.276. The van der Waals surface area contributed by atoms with Gasteiger partial charge in [0.1, 0.15) is 5.76 Å². The fourth-order valence-electron chi connectivity index (χ4n) is 4.64. The van der Waals surface area contributed by atoms with Gasteiger partial charge >= 0.3 is 0 Å². The molecule has 37 heavy (non-hydrogen) atoms. The number of benzene rings is 3. The number of nitrogens with zero attached hydrogens (tertiary/aromatic N) is 1. The summed E-state index contributed by atoms with van der Waals surface area (Å²) in [6.45, 7) is 4.37. The largest absolute Gasteiger partial charge is 0.507 e. The van der Waals surface area contributed by atoms with E-state index in [0.29, 0.717) is 46.4 Å². The SMILES string of the molecule is CCOc1cc(C2/C(=C(\O)c3ccc4c(c3)OCO4)C(=O)C(=O)N2c2ccc(CC)cc2)ccc1OC. The number of aliphatic hydroxyl groups excluding tert-OH is 1. The Balaban J connectivity index is 1.70. The Bertz CT molecular complexity index is 1390. The molecule has 1 N–H and O–H groups in total. The highest BCUT2D eigenvalue weighted by Crippen LogP contribution is 2.45. The van der Waals surface area contributed by atoms with Gasteiger partial charge in [-0.25, -0.2) is 0 Å². The van der Waals surface area contributed by atoms with Crippen molar-refractivity contribution in [2.45, 2.75) is 26.3 Å². The third kappa shape index (κ3) is 4.24. The Kier molecular flexibility index (Phi) is 6.48. The smallest absolute Gasteiger partial charge is 0.300 e. The fourth-order valence-corrected chi connectivity index (χ4v) is 4.64. The van der Waals surface area contributed by atoms with Crippen molar-refractivity contribution in [3.8, 4) is 23.0 Å². The molecule has 2 aliphatic rings. The monoisotopic (exact) mass is 501 g/mol. The Morgan fingerprint density at radius 3 is 2.43 bits per heavy atom. The molecule has 0 spiro atoms. The molecule has 1 amide bonds. The number of carbonyl (C=O) groups is 2. The van der Waals surface area contributed by atoms with Crippen LogP contribution in [0.4, 0.5) is 5.69 Å². The summed E-state index contributed by atoms with van der Waals surface area (Å²) in [4.78, 5) is 28.3. The first-order valence-electron chi connectivity index (χ1n) is 12.1. The molecule has 3 aromatic carbocycles. The molecule has 3 aromatic rings. The molecule has 1 atom stereocenters. The van der Waals surface area contributed by atoms with E-state index >= 15 is 0 Å². The third-order valence-corrected chi connectivity index (χ3v) is 6.52. The molecule has 190 valence electrons. The van der Waals surface area contributed by atoms with Gasteiger partial charge in [-0.1, -0.05) is 25.1 Å². The summed E-state index contributed by atoms with van der Waals surface area (Å²) >= 11 is 0. The molecular formula is C29H27NO7. The second-order valence-corrected chi connectivity index (χ2v) is 8.60. The number of aryl methyl sites for hydroxylation is 1. The minimum Gasteiger partial charge on any atom is -0.507 e. The van der Waals surface area contributed by atoms with Crippen LogP contribution in [-0.2, 0) is 16.0 Å². The standard InChI is InChI=1S/C29H27NO7/c1-4-17-6-10-20(11-7-17)30-26(18-8-12-21(34-3)23(14-18)35-5-2)25(28(32)29(30)33)27(31)19-9-13-22-24(15-19)37-16-36-22/h6-15,26,31H,4-5,16H2,1-3H3/b27-25+. The third-order valence-electron chi connectivity index (χ3n) is 6.52. The van der Waals surface area contributed by atoms with E-state index in [0.717, 1.165) is 12.0 Å². The van der Waals surface area contributed by atoms with Crippen LogP contribution in [0.1, 0.15) is 36.6 Å². The van der Waals surface area contributed by atoms with Crippen LogP contribution in [0, 0.1) is 0 Å². The minimum atomic E-state index is -0.900. The lowest BCUT2D eigenvalue weighted by atomic mass is 9.94. The summed E-state index contributed by atoms with van der Waals surface area (Å²) in [6.07, 6.45) is 0.836. The summed E-state index contributed by atoms with van der Waals surface area (Å²) in [7, 11) is 1.54. The summed E-state index contributed by atoms with van der Waals surface area (Å²) in [5.41, 5.74) is 2.54. The Morgan fingerprint density at radius 1 is 0.973 bits per heavy atom.